The normalized spacial score (nSPS) is 26.8. The highest BCUT2D eigenvalue weighted by molar-refractivity contribution is 5.95. The molecule has 1 amide bonds. The van der Waals surface area contributed by atoms with E-state index in [4.69, 9.17) is 5.73 Å². The van der Waals surface area contributed by atoms with E-state index in [-0.39, 0.29) is 22.8 Å². The van der Waals surface area contributed by atoms with Crippen molar-refractivity contribution in [1.82, 2.24) is 4.90 Å². The largest absolute Gasteiger partial charge is 0.399 e. The summed E-state index contributed by atoms with van der Waals surface area (Å²) >= 11 is 0. The molecule has 1 fully saturated rings. The van der Waals surface area contributed by atoms with Crippen molar-refractivity contribution in [3.8, 4) is 0 Å². The number of hydrogen-bond donors (Lipinski definition) is 1. The van der Waals surface area contributed by atoms with Gasteiger partial charge in [-0.2, -0.15) is 0 Å². The van der Waals surface area contributed by atoms with Crippen LogP contribution in [0.2, 0.25) is 0 Å². The van der Waals surface area contributed by atoms with E-state index in [1.54, 1.807) is 0 Å². The molecule has 0 spiro atoms. The van der Waals surface area contributed by atoms with E-state index < -0.39 is 0 Å². The molecule has 0 saturated carbocycles. The second-order valence-corrected chi connectivity index (χ2v) is 8.30. The van der Waals surface area contributed by atoms with Gasteiger partial charge in [0.2, 0.25) is 0 Å². The Bertz CT molecular complexity index is 824. The summed E-state index contributed by atoms with van der Waals surface area (Å²) in [6.07, 6.45) is 1.92. The first-order valence-electron chi connectivity index (χ1n) is 9.09. The molecule has 0 unspecified atom stereocenters. The number of piperidine rings is 1. The first-order chi connectivity index (χ1) is 11.8. The van der Waals surface area contributed by atoms with E-state index in [0.29, 0.717) is 5.69 Å². The first-order valence-corrected chi connectivity index (χ1v) is 9.09. The SMILES string of the molecule is CC1(C)[C@H]2Cc3ccccc3[C@]1(C)CCN2C(=O)c1ccc(N)cc1. The molecule has 0 aromatic heterocycles. The molecule has 2 atom stereocenters. The number of carbonyl (C=O) groups is 1. The lowest BCUT2D eigenvalue weighted by Crippen LogP contribution is -2.64. The van der Waals surface area contributed by atoms with Gasteiger partial charge in [0.15, 0.2) is 0 Å². The number of amides is 1. The minimum absolute atomic E-state index is 0.0308. The zero-order chi connectivity index (χ0) is 17.8. The number of fused-ring (bicyclic) bond motifs is 4. The Hall–Kier alpha value is -2.29. The van der Waals surface area contributed by atoms with Crippen LogP contribution < -0.4 is 5.73 Å². The second-order valence-electron chi connectivity index (χ2n) is 8.30. The minimum atomic E-state index is 0.0308. The van der Waals surface area contributed by atoms with E-state index in [2.05, 4.69) is 49.9 Å². The number of nitrogen functional groups attached to an aromatic ring is 1. The van der Waals surface area contributed by atoms with Crippen molar-refractivity contribution < 1.29 is 4.79 Å². The van der Waals surface area contributed by atoms with Crippen molar-refractivity contribution >= 4 is 11.6 Å². The van der Waals surface area contributed by atoms with Gasteiger partial charge in [0.25, 0.3) is 5.91 Å². The first kappa shape index (κ1) is 16.2. The molecule has 3 nitrogen and oxygen atoms in total. The number of likely N-dealkylation sites (tertiary alicyclic amines) is 1. The fraction of sp³-hybridized carbons (Fsp3) is 0.409. The summed E-state index contributed by atoms with van der Waals surface area (Å²) < 4.78 is 0. The number of hydrogen-bond acceptors (Lipinski definition) is 2. The molecule has 25 heavy (non-hydrogen) atoms. The van der Waals surface area contributed by atoms with Crippen molar-refractivity contribution in [2.45, 2.75) is 45.1 Å². The standard InChI is InChI=1S/C22H26N2O/c1-21(2)19-14-16-6-4-5-7-18(16)22(21,3)12-13-24(19)20(25)15-8-10-17(23)11-9-15/h4-11,19H,12-14,23H2,1-3H3/t19-,22+/m1/s1. The molecule has 0 radical (unpaired) electrons. The maximum Gasteiger partial charge on any atom is 0.254 e. The number of carbonyl (C=O) groups excluding carboxylic acids is 1. The predicted molar refractivity (Wildman–Crippen MR) is 102 cm³/mol. The average molecular weight is 334 g/mol. The van der Waals surface area contributed by atoms with Gasteiger partial charge < -0.3 is 10.6 Å². The van der Waals surface area contributed by atoms with Crippen LogP contribution in [0.5, 0.6) is 0 Å². The summed E-state index contributed by atoms with van der Waals surface area (Å²) in [5.41, 5.74) is 10.2. The lowest BCUT2D eigenvalue weighted by Gasteiger charge is -2.60. The molecule has 2 bridgehead atoms. The molecule has 3 heteroatoms. The quantitative estimate of drug-likeness (QED) is 0.801. The predicted octanol–water partition coefficient (Wildman–Crippen LogP) is 4.02. The van der Waals surface area contributed by atoms with Gasteiger partial charge >= 0.3 is 0 Å². The summed E-state index contributed by atoms with van der Waals surface area (Å²) in [5, 5.41) is 0. The molecular formula is C22H26N2O. The Morgan fingerprint density at radius 2 is 1.76 bits per heavy atom. The summed E-state index contributed by atoms with van der Waals surface area (Å²) in [6, 6.07) is 16.3. The summed E-state index contributed by atoms with van der Waals surface area (Å²) in [5.74, 6) is 0.125. The Balaban J connectivity index is 1.75. The van der Waals surface area contributed by atoms with Crippen LogP contribution in [0.1, 0.15) is 48.7 Å². The molecule has 1 saturated heterocycles. The summed E-state index contributed by atoms with van der Waals surface area (Å²) in [6.45, 7) is 7.84. The number of nitrogens with two attached hydrogens (primary N) is 1. The second kappa shape index (κ2) is 5.35. The smallest absolute Gasteiger partial charge is 0.254 e. The molecule has 1 aliphatic heterocycles. The maximum atomic E-state index is 13.2. The fourth-order valence-electron chi connectivity index (χ4n) is 4.91. The topological polar surface area (TPSA) is 46.3 Å². The van der Waals surface area contributed by atoms with Crippen LogP contribution in [0.15, 0.2) is 48.5 Å². The number of benzene rings is 2. The van der Waals surface area contributed by atoms with Gasteiger partial charge in [0, 0.05) is 29.3 Å². The van der Waals surface area contributed by atoms with Gasteiger partial charge in [-0.05, 0) is 53.6 Å². The lowest BCUT2D eigenvalue weighted by molar-refractivity contribution is -0.0262. The van der Waals surface area contributed by atoms with Crippen molar-refractivity contribution in [2.75, 3.05) is 12.3 Å². The monoisotopic (exact) mass is 334 g/mol. The van der Waals surface area contributed by atoms with E-state index >= 15 is 0 Å². The van der Waals surface area contributed by atoms with Gasteiger partial charge in [-0.1, -0.05) is 45.0 Å². The van der Waals surface area contributed by atoms with E-state index in [1.807, 2.05) is 24.3 Å². The van der Waals surface area contributed by atoms with Gasteiger partial charge in [0.1, 0.15) is 0 Å². The number of rotatable bonds is 1. The summed E-state index contributed by atoms with van der Waals surface area (Å²) in [4.78, 5) is 15.3. The van der Waals surface area contributed by atoms with Gasteiger partial charge in [-0.15, -0.1) is 0 Å². The highest BCUT2D eigenvalue weighted by atomic mass is 16.2. The van der Waals surface area contributed by atoms with Crippen LogP contribution >= 0.6 is 0 Å². The van der Waals surface area contributed by atoms with Crippen LogP contribution in [0.3, 0.4) is 0 Å². The third kappa shape index (κ3) is 2.21. The van der Waals surface area contributed by atoms with E-state index in [1.165, 1.54) is 11.1 Å². The summed E-state index contributed by atoms with van der Waals surface area (Å²) in [7, 11) is 0. The lowest BCUT2D eigenvalue weighted by atomic mass is 9.51. The molecule has 1 heterocycles. The van der Waals surface area contributed by atoms with E-state index in [9.17, 15) is 4.79 Å². The van der Waals surface area contributed by atoms with Crippen LogP contribution in [0.25, 0.3) is 0 Å². The molecule has 2 aromatic carbocycles. The van der Waals surface area contributed by atoms with Crippen molar-refractivity contribution in [3.63, 3.8) is 0 Å². The third-order valence-corrected chi connectivity index (χ3v) is 6.93. The van der Waals surface area contributed by atoms with Gasteiger partial charge in [-0.25, -0.2) is 0 Å². The molecule has 4 rings (SSSR count). The zero-order valence-electron chi connectivity index (χ0n) is 15.3. The molecule has 1 aliphatic carbocycles. The highest BCUT2D eigenvalue weighted by Gasteiger charge is 2.56. The van der Waals surface area contributed by atoms with E-state index in [0.717, 1.165) is 24.9 Å². The minimum Gasteiger partial charge on any atom is -0.399 e. The van der Waals surface area contributed by atoms with Crippen LogP contribution in [-0.2, 0) is 11.8 Å². The van der Waals surface area contributed by atoms with Crippen LogP contribution in [-0.4, -0.2) is 23.4 Å². The maximum absolute atomic E-state index is 13.2. The highest BCUT2D eigenvalue weighted by Crippen LogP contribution is 2.56. The average Bonchev–Trinajstić information content (AvgIpc) is 2.58. The Morgan fingerprint density at radius 1 is 1.08 bits per heavy atom. The van der Waals surface area contributed by atoms with Crippen LogP contribution in [0, 0.1) is 5.41 Å². The molecule has 130 valence electrons. The Morgan fingerprint density at radius 3 is 2.48 bits per heavy atom. The van der Waals surface area contributed by atoms with Crippen LogP contribution in [0.4, 0.5) is 5.69 Å². The van der Waals surface area contributed by atoms with Gasteiger partial charge in [-0.3, -0.25) is 4.79 Å². The molecule has 2 aromatic rings. The Kier molecular flexibility index (Phi) is 3.47. The van der Waals surface area contributed by atoms with Gasteiger partial charge in [0.05, 0.1) is 0 Å². The third-order valence-electron chi connectivity index (χ3n) is 6.93. The van der Waals surface area contributed by atoms with Crippen molar-refractivity contribution in [3.05, 3.63) is 65.2 Å². The molecule has 2 N–H and O–H groups in total. The van der Waals surface area contributed by atoms with Crippen molar-refractivity contribution in [1.29, 1.82) is 0 Å². The number of nitrogens with zero attached hydrogens (tertiary/aromatic N) is 1. The molecule has 2 aliphatic rings. The zero-order valence-corrected chi connectivity index (χ0v) is 15.3. The number of anilines is 1. The molecular weight excluding hydrogens is 308 g/mol. The Labute approximate surface area is 149 Å². The van der Waals surface area contributed by atoms with Crippen molar-refractivity contribution in [2.24, 2.45) is 5.41 Å². The fourth-order valence-corrected chi connectivity index (χ4v) is 4.91.